The molecule has 0 atom stereocenters. The molecule has 1 aromatic heterocycles. The zero-order valence-electron chi connectivity index (χ0n) is 11.3. The minimum absolute atomic E-state index is 0.0829. The van der Waals surface area contributed by atoms with Crippen LogP contribution in [0.5, 0.6) is 0 Å². The Bertz CT molecular complexity index is 662. The van der Waals surface area contributed by atoms with Crippen molar-refractivity contribution in [3.63, 3.8) is 0 Å². The lowest BCUT2D eigenvalue weighted by Crippen LogP contribution is -2.32. The van der Waals surface area contributed by atoms with Crippen LogP contribution in [0.1, 0.15) is 22.5 Å². The fourth-order valence-electron chi connectivity index (χ4n) is 1.91. The minimum Gasteiger partial charge on any atom is -0.467 e. The van der Waals surface area contributed by atoms with Crippen LogP contribution in [0.2, 0.25) is 0 Å². The van der Waals surface area contributed by atoms with Crippen LogP contribution in [0.3, 0.4) is 0 Å². The Labute approximate surface area is 121 Å². The van der Waals surface area contributed by atoms with Gasteiger partial charge in [-0.05, 0) is 30.3 Å². The van der Waals surface area contributed by atoms with Crippen molar-refractivity contribution in [1.82, 2.24) is 4.90 Å². The van der Waals surface area contributed by atoms with Gasteiger partial charge in [0.15, 0.2) is 0 Å². The maximum Gasteiger partial charge on any atom is 0.256 e. The lowest BCUT2D eigenvalue weighted by atomic mass is 10.1. The molecule has 21 heavy (non-hydrogen) atoms. The Morgan fingerprint density at radius 2 is 2.24 bits per heavy atom. The van der Waals surface area contributed by atoms with Gasteiger partial charge in [0.05, 0.1) is 30.9 Å². The number of amides is 1. The molecule has 0 radical (unpaired) electrons. The third kappa shape index (κ3) is 3.60. The third-order valence-corrected chi connectivity index (χ3v) is 2.95. The fraction of sp³-hybridized carbons (Fsp3) is 0.200. The first-order valence-electron chi connectivity index (χ1n) is 6.35. The van der Waals surface area contributed by atoms with E-state index < -0.39 is 11.7 Å². The molecule has 2 rings (SSSR count). The molecule has 0 unspecified atom stereocenters. The highest BCUT2D eigenvalue weighted by atomic mass is 19.1. The number of halogens is 1. The summed E-state index contributed by atoms with van der Waals surface area (Å²) in [6.07, 6.45) is 1.67. The quantitative estimate of drug-likeness (QED) is 0.857. The highest BCUT2D eigenvalue weighted by molar-refractivity contribution is 5.99. The summed E-state index contributed by atoms with van der Waals surface area (Å²) < 4.78 is 18.5. The van der Waals surface area contributed by atoms with Crippen LogP contribution in [0.25, 0.3) is 0 Å². The van der Waals surface area contributed by atoms with Gasteiger partial charge in [-0.3, -0.25) is 4.79 Å². The largest absolute Gasteiger partial charge is 0.467 e. The number of furan rings is 1. The number of carbonyl (C=O) groups is 1. The first kappa shape index (κ1) is 14.6. The third-order valence-electron chi connectivity index (χ3n) is 2.95. The molecule has 0 fully saturated rings. The standard InChI is InChI=1S/C15H14FN3O2/c16-11-4-5-14(18)13(9-11)15(20)19(7-2-6-17)10-12-3-1-8-21-12/h1,3-5,8-9H,2,7,10,18H2. The van der Waals surface area contributed by atoms with Gasteiger partial charge in [-0.2, -0.15) is 5.26 Å². The molecule has 0 aliphatic rings. The number of hydrogen-bond donors (Lipinski definition) is 1. The molecular weight excluding hydrogens is 273 g/mol. The number of nitrogen functional groups attached to an aromatic ring is 1. The van der Waals surface area contributed by atoms with E-state index in [1.807, 2.05) is 6.07 Å². The molecule has 0 aliphatic heterocycles. The van der Waals surface area contributed by atoms with Crippen molar-refractivity contribution in [3.8, 4) is 6.07 Å². The van der Waals surface area contributed by atoms with Crippen LogP contribution < -0.4 is 5.73 Å². The number of rotatable bonds is 5. The molecule has 0 aliphatic carbocycles. The van der Waals surface area contributed by atoms with Crippen molar-refractivity contribution in [2.45, 2.75) is 13.0 Å². The van der Waals surface area contributed by atoms with Crippen LogP contribution in [-0.4, -0.2) is 17.4 Å². The van der Waals surface area contributed by atoms with Crippen LogP contribution >= 0.6 is 0 Å². The van der Waals surface area contributed by atoms with Gasteiger partial charge in [0.2, 0.25) is 0 Å². The monoisotopic (exact) mass is 287 g/mol. The average Bonchev–Trinajstić information content (AvgIpc) is 2.98. The second-order valence-electron chi connectivity index (χ2n) is 4.45. The molecule has 108 valence electrons. The van der Waals surface area contributed by atoms with E-state index in [0.717, 1.165) is 6.07 Å². The summed E-state index contributed by atoms with van der Waals surface area (Å²) in [5.74, 6) is -0.388. The highest BCUT2D eigenvalue weighted by Crippen LogP contribution is 2.18. The van der Waals surface area contributed by atoms with Gasteiger partial charge in [-0.25, -0.2) is 4.39 Å². The molecule has 0 bridgehead atoms. The van der Waals surface area contributed by atoms with Crippen LogP contribution in [0.4, 0.5) is 10.1 Å². The zero-order chi connectivity index (χ0) is 15.2. The van der Waals surface area contributed by atoms with Gasteiger partial charge in [0, 0.05) is 12.2 Å². The number of anilines is 1. The number of nitrogens with zero attached hydrogens (tertiary/aromatic N) is 2. The van der Waals surface area contributed by atoms with Crippen molar-refractivity contribution in [3.05, 3.63) is 53.7 Å². The van der Waals surface area contributed by atoms with Gasteiger partial charge in [0.25, 0.3) is 5.91 Å². The van der Waals surface area contributed by atoms with E-state index in [-0.39, 0.29) is 30.8 Å². The van der Waals surface area contributed by atoms with E-state index in [1.54, 1.807) is 12.1 Å². The van der Waals surface area contributed by atoms with Crippen molar-refractivity contribution in [2.75, 3.05) is 12.3 Å². The Kier molecular flexibility index (Phi) is 4.57. The van der Waals surface area contributed by atoms with Gasteiger partial charge in [0.1, 0.15) is 11.6 Å². The lowest BCUT2D eigenvalue weighted by Gasteiger charge is -2.21. The van der Waals surface area contributed by atoms with Crippen molar-refractivity contribution in [2.24, 2.45) is 0 Å². The first-order valence-corrected chi connectivity index (χ1v) is 6.35. The molecule has 1 heterocycles. The fourth-order valence-corrected chi connectivity index (χ4v) is 1.91. The Hall–Kier alpha value is -2.81. The maximum atomic E-state index is 13.3. The number of nitrogens with two attached hydrogens (primary N) is 1. The molecule has 2 aromatic rings. The Morgan fingerprint density at radius 3 is 2.90 bits per heavy atom. The normalized spacial score (nSPS) is 10.1. The summed E-state index contributed by atoms with van der Waals surface area (Å²) in [5, 5.41) is 8.70. The molecular formula is C15H14FN3O2. The minimum atomic E-state index is -0.536. The molecule has 1 aromatic carbocycles. The second-order valence-corrected chi connectivity index (χ2v) is 4.45. The summed E-state index contributed by atoms with van der Waals surface area (Å²) in [7, 11) is 0. The topological polar surface area (TPSA) is 83.3 Å². The summed E-state index contributed by atoms with van der Waals surface area (Å²) in [6, 6.07) is 9.05. The van der Waals surface area contributed by atoms with Gasteiger partial charge >= 0.3 is 0 Å². The predicted octanol–water partition coefficient (Wildman–Crippen LogP) is 2.56. The Morgan fingerprint density at radius 1 is 1.43 bits per heavy atom. The summed E-state index contributed by atoms with van der Waals surface area (Å²) in [4.78, 5) is 13.9. The molecule has 2 N–H and O–H groups in total. The summed E-state index contributed by atoms with van der Waals surface area (Å²) in [6.45, 7) is 0.412. The number of nitriles is 1. The van der Waals surface area contributed by atoms with Crippen molar-refractivity contribution in [1.29, 1.82) is 5.26 Å². The summed E-state index contributed by atoms with van der Waals surface area (Å²) in [5.41, 5.74) is 6.01. The SMILES string of the molecule is N#CCCN(Cc1ccco1)C(=O)c1cc(F)ccc1N. The first-order chi connectivity index (χ1) is 10.1. The maximum absolute atomic E-state index is 13.3. The molecule has 0 spiro atoms. The van der Waals surface area contributed by atoms with E-state index in [1.165, 1.54) is 23.3 Å². The average molecular weight is 287 g/mol. The summed E-state index contributed by atoms with van der Waals surface area (Å²) >= 11 is 0. The van der Waals surface area contributed by atoms with E-state index in [4.69, 9.17) is 15.4 Å². The van der Waals surface area contributed by atoms with Crippen LogP contribution in [0.15, 0.2) is 41.0 Å². The smallest absolute Gasteiger partial charge is 0.256 e. The lowest BCUT2D eigenvalue weighted by molar-refractivity contribution is 0.0736. The van der Waals surface area contributed by atoms with E-state index >= 15 is 0 Å². The predicted molar refractivity (Wildman–Crippen MR) is 74.5 cm³/mol. The number of carbonyl (C=O) groups excluding carboxylic acids is 1. The van der Waals surface area contributed by atoms with Gasteiger partial charge < -0.3 is 15.1 Å². The molecule has 6 heteroatoms. The van der Waals surface area contributed by atoms with E-state index in [0.29, 0.717) is 5.76 Å². The van der Waals surface area contributed by atoms with Crippen molar-refractivity contribution < 1.29 is 13.6 Å². The molecule has 0 saturated carbocycles. The van der Waals surface area contributed by atoms with E-state index in [9.17, 15) is 9.18 Å². The second kappa shape index (κ2) is 6.57. The van der Waals surface area contributed by atoms with Crippen LogP contribution in [-0.2, 0) is 6.54 Å². The van der Waals surface area contributed by atoms with E-state index in [2.05, 4.69) is 0 Å². The molecule has 1 amide bonds. The van der Waals surface area contributed by atoms with Crippen LogP contribution in [0, 0.1) is 17.1 Å². The number of hydrogen-bond acceptors (Lipinski definition) is 4. The number of benzene rings is 1. The van der Waals surface area contributed by atoms with Gasteiger partial charge in [-0.15, -0.1) is 0 Å². The van der Waals surface area contributed by atoms with Crippen molar-refractivity contribution >= 4 is 11.6 Å². The molecule has 0 saturated heterocycles. The van der Waals surface area contributed by atoms with Gasteiger partial charge in [-0.1, -0.05) is 0 Å². The zero-order valence-corrected chi connectivity index (χ0v) is 11.3. The highest BCUT2D eigenvalue weighted by Gasteiger charge is 2.19. The Balaban J connectivity index is 2.24. The molecule has 5 nitrogen and oxygen atoms in total.